The van der Waals surface area contributed by atoms with Gasteiger partial charge in [-0.3, -0.25) is 0 Å². The highest BCUT2D eigenvalue weighted by molar-refractivity contribution is 5.85. The van der Waals surface area contributed by atoms with E-state index in [0.717, 1.165) is 6.42 Å². The van der Waals surface area contributed by atoms with Gasteiger partial charge in [-0.2, -0.15) is 0 Å². The van der Waals surface area contributed by atoms with Gasteiger partial charge < -0.3 is 4.90 Å². The average Bonchev–Trinajstić information content (AvgIpc) is 3.46. The molecule has 1 aliphatic rings. The normalized spacial score (nSPS) is 13.5. The van der Waals surface area contributed by atoms with Gasteiger partial charge in [0.2, 0.25) is 0 Å². The van der Waals surface area contributed by atoms with Crippen molar-refractivity contribution in [2.75, 3.05) is 4.90 Å². The monoisotopic (exact) mass is 704 g/mol. The van der Waals surface area contributed by atoms with E-state index < -0.39 is 0 Å². The molecular weight excluding hydrogens is 639 g/mol. The fourth-order valence-electron chi connectivity index (χ4n) is 8.88. The third-order valence-corrected chi connectivity index (χ3v) is 12.2. The molecule has 0 spiro atoms. The second kappa shape index (κ2) is 18.8. The number of hydrogen-bond acceptors (Lipinski definition) is 1. The molecule has 0 amide bonds. The maximum absolute atomic E-state index is 2.59. The minimum Gasteiger partial charge on any atom is -0.311 e. The van der Waals surface area contributed by atoms with E-state index >= 15 is 0 Å². The molecule has 0 fully saturated rings. The topological polar surface area (TPSA) is 3.24 Å². The molecule has 278 valence electrons. The first-order valence-electron chi connectivity index (χ1n) is 21.3. The van der Waals surface area contributed by atoms with Crippen molar-refractivity contribution in [3.63, 3.8) is 0 Å². The number of unbranched alkanes of at least 4 members (excludes halogenated alkanes) is 10. The minimum absolute atomic E-state index is 0.0910. The van der Waals surface area contributed by atoms with Gasteiger partial charge in [0, 0.05) is 22.5 Å². The van der Waals surface area contributed by atoms with Crippen molar-refractivity contribution in [1.29, 1.82) is 0 Å². The first-order chi connectivity index (χ1) is 26.0. The van der Waals surface area contributed by atoms with E-state index in [9.17, 15) is 0 Å². The summed E-state index contributed by atoms with van der Waals surface area (Å²) >= 11 is 0. The van der Waals surface area contributed by atoms with E-state index in [0.29, 0.717) is 5.92 Å². The van der Waals surface area contributed by atoms with Crippen LogP contribution in [0.4, 0.5) is 17.1 Å². The smallest absolute Gasteiger partial charge is 0.0462 e. The molecule has 1 heteroatoms. The first kappa shape index (κ1) is 38.6. The number of nitrogens with zero attached hydrogens (tertiary/aromatic N) is 1. The second-order valence-corrected chi connectivity index (χ2v) is 16.0. The van der Waals surface area contributed by atoms with Gasteiger partial charge in [-0.25, -0.2) is 0 Å². The number of fused-ring (bicyclic) bond motifs is 3. The Morgan fingerprint density at radius 2 is 0.981 bits per heavy atom. The maximum Gasteiger partial charge on any atom is 0.0462 e. The van der Waals surface area contributed by atoms with Gasteiger partial charge in [-0.15, -0.1) is 0 Å². The van der Waals surface area contributed by atoms with E-state index in [-0.39, 0.29) is 5.41 Å². The summed E-state index contributed by atoms with van der Waals surface area (Å²) in [5, 5.41) is 0. The third kappa shape index (κ3) is 9.00. The molecule has 1 aliphatic carbocycles. The Hall–Kier alpha value is -4.10. The Bertz CT molecular complexity index is 1830. The van der Waals surface area contributed by atoms with E-state index in [1.165, 1.54) is 140 Å². The summed E-state index contributed by atoms with van der Waals surface area (Å²) in [6.45, 7) is 11.5. The molecule has 0 heterocycles. The molecule has 53 heavy (non-hydrogen) atoms. The lowest BCUT2D eigenvalue weighted by Crippen LogP contribution is -2.25. The predicted molar refractivity (Wildman–Crippen MR) is 232 cm³/mol. The largest absolute Gasteiger partial charge is 0.311 e. The molecule has 0 bridgehead atoms. The van der Waals surface area contributed by atoms with E-state index in [1.807, 2.05) is 0 Å². The zero-order chi connectivity index (χ0) is 37.0. The third-order valence-electron chi connectivity index (χ3n) is 12.2. The Kier molecular flexibility index (Phi) is 13.7. The Labute approximate surface area is 322 Å². The molecule has 5 aromatic carbocycles. The minimum atomic E-state index is 0.0910. The summed E-state index contributed by atoms with van der Waals surface area (Å²) < 4.78 is 0. The van der Waals surface area contributed by atoms with Crippen LogP contribution in [0, 0.1) is 6.92 Å². The van der Waals surface area contributed by atoms with E-state index in [2.05, 4.69) is 155 Å². The van der Waals surface area contributed by atoms with Crippen LogP contribution in [0.15, 0.2) is 115 Å². The van der Waals surface area contributed by atoms with Crippen LogP contribution in [0.2, 0.25) is 0 Å². The lowest BCUT2D eigenvalue weighted by molar-refractivity contribution is 0.398. The molecule has 1 atom stereocenters. The van der Waals surface area contributed by atoms with Crippen LogP contribution in [0.1, 0.15) is 152 Å². The van der Waals surface area contributed by atoms with Crippen LogP contribution in [-0.2, 0) is 5.41 Å². The summed E-state index contributed by atoms with van der Waals surface area (Å²) in [4.78, 5) is 2.39. The predicted octanol–water partition coefficient (Wildman–Crippen LogP) is 16.4. The van der Waals surface area contributed by atoms with Gasteiger partial charge in [0.25, 0.3) is 0 Å². The summed E-state index contributed by atoms with van der Waals surface area (Å²) in [5.41, 5.74) is 15.2. The fraction of sp³-hybridized carbons (Fsp3) is 0.423. The highest BCUT2D eigenvalue weighted by Gasteiger charge is 2.42. The van der Waals surface area contributed by atoms with Crippen LogP contribution in [0.5, 0.6) is 0 Å². The Morgan fingerprint density at radius 1 is 0.491 bits per heavy atom. The Balaban J connectivity index is 1.34. The van der Waals surface area contributed by atoms with Crippen molar-refractivity contribution in [3.05, 3.63) is 138 Å². The molecule has 5 aromatic rings. The Morgan fingerprint density at radius 3 is 1.57 bits per heavy atom. The van der Waals surface area contributed by atoms with Crippen LogP contribution in [0.25, 0.3) is 22.3 Å². The molecule has 0 aromatic heterocycles. The maximum atomic E-state index is 2.59. The quantitative estimate of drug-likeness (QED) is 0.0730. The van der Waals surface area contributed by atoms with Gasteiger partial charge in [-0.05, 0) is 114 Å². The SMILES string of the molecule is CCCCCCCCC1(CCCCCCCC)c2cc(C)ccc2-c2ccc(-c3ccc(N(c4ccccc4)c4ccc(C(C)CC)cc4)cc3)cc21. The molecule has 0 saturated heterocycles. The number of para-hydroxylation sites is 1. The van der Waals surface area contributed by atoms with Gasteiger partial charge >= 0.3 is 0 Å². The van der Waals surface area contributed by atoms with Crippen LogP contribution >= 0.6 is 0 Å². The van der Waals surface area contributed by atoms with Crippen molar-refractivity contribution in [1.82, 2.24) is 0 Å². The number of rotatable bonds is 20. The standard InChI is InChI=1S/C52H65N/c1-6-9-11-13-15-20-36-52(37-21-16-14-12-10-7-2)50-38-40(4)24-34-48(50)49-35-29-44(39-51(49)52)43-27-32-47(33-28-43)53(45-22-18-17-19-23-45)46-30-25-42(26-31-46)41(5)8-3/h17-19,22-35,38-39,41H,6-16,20-21,36-37H2,1-5H3. The molecular formula is C52H65N. The van der Waals surface area contributed by atoms with Crippen LogP contribution < -0.4 is 4.90 Å². The highest BCUT2D eigenvalue weighted by Crippen LogP contribution is 2.55. The molecule has 0 saturated carbocycles. The van der Waals surface area contributed by atoms with Crippen molar-refractivity contribution in [3.8, 4) is 22.3 Å². The summed E-state index contributed by atoms with van der Waals surface area (Å²) in [5.74, 6) is 0.563. The molecule has 6 rings (SSSR count). The molecule has 0 radical (unpaired) electrons. The van der Waals surface area contributed by atoms with Crippen molar-refractivity contribution in [2.45, 2.75) is 142 Å². The molecule has 0 aliphatic heterocycles. The van der Waals surface area contributed by atoms with E-state index in [4.69, 9.17) is 0 Å². The first-order valence-corrected chi connectivity index (χ1v) is 21.3. The zero-order valence-electron chi connectivity index (χ0n) is 33.6. The lowest BCUT2D eigenvalue weighted by Gasteiger charge is -2.33. The molecule has 0 N–H and O–H groups in total. The fourth-order valence-corrected chi connectivity index (χ4v) is 8.88. The number of aryl methyl sites for hydroxylation is 1. The van der Waals surface area contributed by atoms with E-state index in [1.54, 1.807) is 11.1 Å². The van der Waals surface area contributed by atoms with Crippen molar-refractivity contribution < 1.29 is 0 Å². The van der Waals surface area contributed by atoms with Gasteiger partial charge in [0.1, 0.15) is 0 Å². The number of benzene rings is 5. The van der Waals surface area contributed by atoms with Gasteiger partial charge in [0.15, 0.2) is 0 Å². The van der Waals surface area contributed by atoms with Gasteiger partial charge in [-0.1, -0.05) is 183 Å². The van der Waals surface area contributed by atoms with Crippen LogP contribution in [-0.4, -0.2) is 0 Å². The molecule has 1 nitrogen and oxygen atoms in total. The highest BCUT2D eigenvalue weighted by atomic mass is 15.1. The summed E-state index contributed by atoms with van der Waals surface area (Å²) in [6, 6.07) is 44.0. The summed E-state index contributed by atoms with van der Waals surface area (Å²) in [7, 11) is 0. The number of hydrogen-bond donors (Lipinski definition) is 0. The molecule has 1 unspecified atom stereocenters. The number of anilines is 3. The van der Waals surface area contributed by atoms with Crippen molar-refractivity contribution >= 4 is 17.1 Å². The lowest BCUT2D eigenvalue weighted by atomic mass is 9.70. The summed E-state index contributed by atoms with van der Waals surface area (Å²) in [6.07, 6.45) is 19.8. The average molecular weight is 704 g/mol. The zero-order valence-corrected chi connectivity index (χ0v) is 33.6. The van der Waals surface area contributed by atoms with Crippen LogP contribution in [0.3, 0.4) is 0 Å². The second-order valence-electron chi connectivity index (χ2n) is 16.0. The van der Waals surface area contributed by atoms with Gasteiger partial charge in [0.05, 0.1) is 0 Å². The van der Waals surface area contributed by atoms with Crippen molar-refractivity contribution in [2.24, 2.45) is 0 Å².